The highest BCUT2D eigenvalue weighted by molar-refractivity contribution is 5.96. The average Bonchev–Trinajstić information content (AvgIpc) is 3.55. The highest BCUT2D eigenvalue weighted by atomic mass is 19.1. The number of rotatable bonds is 5. The molecular weight excluding hydrogens is 456 g/mol. The zero-order valence-corrected chi connectivity index (χ0v) is 18.8. The Morgan fingerprint density at radius 1 is 1.20 bits per heavy atom. The van der Waals surface area contributed by atoms with E-state index in [4.69, 9.17) is 4.74 Å². The summed E-state index contributed by atoms with van der Waals surface area (Å²) in [5.74, 6) is -0.00159. The van der Waals surface area contributed by atoms with Crippen molar-refractivity contribution in [3.05, 3.63) is 71.1 Å². The van der Waals surface area contributed by atoms with E-state index in [1.807, 2.05) is 0 Å². The lowest BCUT2D eigenvalue weighted by Gasteiger charge is -2.13. The van der Waals surface area contributed by atoms with E-state index in [0.717, 1.165) is 5.56 Å². The molecule has 5 heterocycles. The highest BCUT2D eigenvalue weighted by Gasteiger charge is 2.22. The second-order valence-corrected chi connectivity index (χ2v) is 8.34. The first-order valence-electron chi connectivity index (χ1n) is 11.0. The fourth-order valence-corrected chi connectivity index (χ4v) is 4.66. The van der Waals surface area contributed by atoms with Gasteiger partial charge in [-0.1, -0.05) is 0 Å². The lowest BCUT2D eigenvalue weighted by molar-refractivity contribution is 0.101. The Labute approximate surface area is 197 Å². The second-order valence-electron chi connectivity index (χ2n) is 8.34. The summed E-state index contributed by atoms with van der Waals surface area (Å²) in [4.78, 5) is 21.1. The number of nitrogens with one attached hydrogen (secondary N) is 1. The Hall–Kier alpha value is -4.41. The second kappa shape index (κ2) is 7.83. The SMILES string of the molecule is CC(=O)c1c(C)nc2c(-c3cnc(NCc4c(F)ccc5c4CCO5)n4cnnc34)cc(F)cn12. The Kier molecular flexibility index (Phi) is 4.73. The maximum absolute atomic E-state index is 14.6. The molecule has 11 heteroatoms. The molecule has 1 N–H and O–H groups in total. The number of nitrogens with zero attached hydrogens (tertiary/aromatic N) is 6. The predicted octanol–water partition coefficient (Wildman–Crippen LogP) is 3.78. The van der Waals surface area contributed by atoms with Crippen LogP contribution in [0.2, 0.25) is 0 Å². The van der Waals surface area contributed by atoms with Gasteiger partial charge in [0.05, 0.1) is 12.3 Å². The molecule has 0 amide bonds. The number of anilines is 1. The van der Waals surface area contributed by atoms with Crippen molar-refractivity contribution in [1.29, 1.82) is 0 Å². The van der Waals surface area contributed by atoms with Crippen molar-refractivity contribution in [3.63, 3.8) is 0 Å². The number of hydrogen-bond acceptors (Lipinski definition) is 7. The predicted molar refractivity (Wildman–Crippen MR) is 123 cm³/mol. The van der Waals surface area contributed by atoms with Gasteiger partial charge in [-0.15, -0.1) is 10.2 Å². The van der Waals surface area contributed by atoms with E-state index >= 15 is 0 Å². The number of carbonyl (C=O) groups is 1. The largest absolute Gasteiger partial charge is 0.493 e. The van der Waals surface area contributed by atoms with Gasteiger partial charge < -0.3 is 10.1 Å². The monoisotopic (exact) mass is 475 g/mol. The molecule has 0 spiro atoms. The average molecular weight is 475 g/mol. The molecular formula is C24H19F2N7O2. The molecule has 35 heavy (non-hydrogen) atoms. The van der Waals surface area contributed by atoms with Crippen LogP contribution in [0.4, 0.5) is 14.7 Å². The van der Waals surface area contributed by atoms with E-state index in [2.05, 4.69) is 25.5 Å². The smallest absolute Gasteiger partial charge is 0.210 e. The summed E-state index contributed by atoms with van der Waals surface area (Å²) in [7, 11) is 0. The van der Waals surface area contributed by atoms with Crippen molar-refractivity contribution in [3.8, 4) is 16.9 Å². The molecule has 176 valence electrons. The van der Waals surface area contributed by atoms with E-state index < -0.39 is 5.82 Å². The lowest BCUT2D eigenvalue weighted by Crippen LogP contribution is -2.10. The summed E-state index contributed by atoms with van der Waals surface area (Å²) in [5, 5.41) is 11.3. The van der Waals surface area contributed by atoms with Gasteiger partial charge in [0.2, 0.25) is 5.95 Å². The lowest BCUT2D eigenvalue weighted by atomic mass is 10.0. The Bertz CT molecular complexity index is 1660. The minimum absolute atomic E-state index is 0.184. The fraction of sp³-hybridized carbons (Fsp3) is 0.208. The molecule has 0 atom stereocenters. The molecule has 0 radical (unpaired) electrons. The summed E-state index contributed by atoms with van der Waals surface area (Å²) in [5.41, 5.74) is 3.88. The molecule has 0 aliphatic carbocycles. The Morgan fingerprint density at radius 3 is 2.89 bits per heavy atom. The van der Waals surface area contributed by atoms with Gasteiger partial charge >= 0.3 is 0 Å². The molecule has 1 aliphatic rings. The summed E-state index contributed by atoms with van der Waals surface area (Å²) in [6.07, 6.45) is 4.88. The van der Waals surface area contributed by atoms with Crippen LogP contribution in [0.15, 0.2) is 36.9 Å². The molecule has 4 aromatic heterocycles. The van der Waals surface area contributed by atoms with Crippen molar-refractivity contribution in [2.45, 2.75) is 26.8 Å². The van der Waals surface area contributed by atoms with E-state index in [0.29, 0.717) is 64.1 Å². The number of pyridine rings is 1. The van der Waals surface area contributed by atoms with Crippen LogP contribution in [0.25, 0.3) is 22.4 Å². The van der Waals surface area contributed by atoms with Gasteiger partial charge in [-0.3, -0.25) is 13.6 Å². The van der Waals surface area contributed by atoms with Crippen LogP contribution in [0, 0.1) is 18.6 Å². The minimum Gasteiger partial charge on any atom is -0.493 e. The summed E-state index contributed by atoms with van der Waals surface area (Å²) in [6.45, 7) is 3.82. The van der Waals surface area contributed by atoms with Gasteiger partial charge in [0.15, 0.2) is 11.4 Å². The molecule has 1 aromatic carbocycles. The maximum atomic E-state index is 14.6. The van der Waals surface area contributed by atoms with Crippen LogP contribution in [-0.4, -0.2) is 41.4 Å². The number of imidazole rings is 1. The molecule has 0 unspecified atom stereocenters. The molecule has 0 bridgehead atoms. The van der Waals surface area contributed by atoms with Gasteiger partial charge in [0.1, 0.15) is 35.1 Å². The van der Waals surface area contributed by atoms with Gasteiger partial charge in [-0.05, 0) is 25.1 Å². The van der Waals surface area contributed by atoms with Gasteiger partial charge in [-0.25, -0.2) is 18.7 Å². The van der Waals surface area contributed by atoms with Crippen molar-refractivity contribution < 1.29 is 18.3 Å². The van der Waals surface area contributed by atoms with E-state index in [-0.39, 0.29) is 18.1 Å². The molecule has 0 fully saturated rings. The fourth-order valence-electron chi connectivity index (χ4n) is 4.66. The third kappa shape index (κ3) is 3.30. The first-order chi connectivity index (χ1) is 16.9. The number of hydrogen-bond donors (Lipinski definition) is 1. The first kappa shape index (κ1) is 21.1. The van der Waals surface area contributed by atoms with Crippen LogP contribution in [-0.2, 0) is 13.0 Å². The number of benzene rings is 1. The molecule has 0 saturated carbocycles. The number of ether oxygens (including phenoxy) is 1. The van der Waals surface area contributed by atoms with Crippen molar-refractivity contribution in [1.82, 2.24) is 29.0 Å². The summed E-state index contributed by atoms with van der Waals surface area (Å²) in [6, 6.07) is 4.36. The van der Waals surface area contributed by atoms with Crippen molar-refractivity contribution >= 4 is 23.0 Å². The minimum atomic E-state index is -0.539. The summed E-state index contributed by atoms with van der Waals surface area (Å²) < 4.78 is 37.8. The number of aryl methyl sites for hydroxylation is 1. The van der Waals surface area contributed by atoms with Crippen LogP contribution in [0.3, 0.4) is 0 Å². The normalized spacial score (nSPS) is 12.8. The zero-order chi connectivity index (χ0) is 24.3. The van der Waals surface area contributed by atoms with Crippen LogP contribution >= 0.6 is 0 Å². The zero-order valence-electron chi connectivity index (χ0n) is 18.8. The van der Waals surface area contributed by atoms with Crippen molar-refractivity contribution in [2.24, 2.45) is 0 Å². The van der Waals surface area contributed by atoms with Crippen LogP contribution in [0.5, 0.6) is 5.75 Å². The van der Waals surface area contributed by atoms with Crippen molar-refractivity contribution in [2.75, 3.05) is 11.9 Å². The third-order valence-electron chi connectivity index (χ3n) is 6.18. The third-order valence-corrected chi connectivity index (χ3v) is 6.18. The maximum Gasteiger partial charge on any atom is 0.210 e. The van der Waals surface area contributed by atoms with Crippen LogP contribution in [0.1, 0.15) is 34.2 Å². The quantitative estimate of drug-likeness (QED) is 0.386. The van der Waals surface area contributed by atoms with Gasteiger partial charge in [0.25, 0.3) is 0 Å². The van der Waals surface area contributed by atoms with E-state index in [9.17, 15) is 13.6 Å². The topological polar surface area (TPSA) is 98.7 Å². The highest BCUT2D eigenvalue weighted by Crippen LogP contribution is 2.32. The molecule has 6 rings (SSSR count). The number of ketones is 1. The molecule has 5 aromatic rings. The van der Waals surface area contributed by atoms with E-state index in [1.165, 1.54) is 42.2 Å². The molecule has 1 aliphatic heterocycles. The van der Waals surface area contributed by atoms with Gasteiger partial charge in [0, 0.05) is 54.5 Å². The number of halogens is 2. The van der Waals surface area contributed by atoms with Crippen LogP contribution < -0.4 is 10.1 Å². The van der Waals surface area contributed by atoms with E-state index in [1.54, 1.807) is 17.4 Å². The van der Waals surface area contributed by atoms with Gasteiger partial charge in [-0.2, -0.15) is 0 Å². The number of carbonyl (C=O) groups excluding carboxylic acids is 1. The molecule has 9 nitrogen and oxygen atoms in total. The Morgan fingerprint density at radius 2 is 2.06 bits per heavy atom. The summed E-state index contributed by atoms with van der Waals surface area (Å²) >= 11 is 0. The number of Topliss-reactive ketones (excluding diaryl/α,β-unsaturated/α-hetero) is 1. The first-order valence-corrected chi connectivity index (χ1v) is 11.0. The standard InChI is InChI=1S/C24H19F2N7O2/c1-12-21(13(2)34)32-10-14(25)7-16(22(32)30-12)18-9-28-24(33-11-29-31-23(18)33)27-8-17-15-5-6-35-20(15)4-3-19(17)26/h3-4,7,9-11H,5-6,8H2,1-2H3,(H,27,28). The molecule has 0 saturated heterocycles. The number of aromatic nitrogens is 6. The number of fused-ring (bicyclic) bond motifs is 3. The Balaban J connectivity index is 1.43.